The van der Waals surface area contributed by atoms with Crippen LogP contribution in [0, 0.1) is 85.8 Å². The molecule has 6 saturated heterocycles. The molecule has 0 bridgehead atoms. The second-order valence-electron chi connectivity index (χ2n) is 40.0. The smallest absolute Gasteiger partial charge is 0.307 e. The maximum Gasteiger partial charge on any atom is 0.307 e. The molecule has 21 nitrogen and oxygen atoms in total. The van der Waals surface area contributed by atoms with Crippen LogP contribution in [-0.2, 0) is 76.5 Å². The summed E-state index contributed by atoms with van der Waals surface area (Å²) in [6, 6.07) is -1.55. The van der Waals surface area contributed by atoms with E-state index in [1.165, 1.54) is 0 Å². The topological polar surface area (TPSA) is 275 Å². The van der Waals surface area contributed by atoms with Crippen LogP contribution in [-0.4, -0.2) is 184 Å². The van der Waals surface area contributed by atoms with Gasteiger partial charge in [-0.15, -0.1) is 13.2 Å². The Bertz CT molecular complexity index is 3370. The molecule has 0 unspecified atom stereocenters. The third kappa shape index (κ3) is 26.4. The minimum Gasteiger partial charge on any atom is -0.460 e. The number of aliphatic imine (C=N–C) groups is 1. The van der Waals surface area contributed by atoms with Crippen LogP contribution in [0.25, 0.3) is 0 Å². The van der Waals surface area contributed by atoms with Crippen molar-refractivity contribution in [1.82, 2.24) is 19.6 Å². The van der Waals surface area contributed by atoms with Crippen LogP contribution < -0.4 is 0 Å². The Morgan fingerprint density at radius 1 is 0.568 bits per heavy atom. The van der Waals surface area contributed by atoms with E-state index in [2.05, 4.69) is 94.3 Å². The molecule has 8 aliphatic rings. The molecule has 0 aromatic heterocycles. The average molecular weight is 1550 g/mol. The van der Waals surface area contributed by atoms with Crippen molar-refractivity contribution >= 4 is 76.2 Å². The molecule has 4 amide bonds. The summed E-state index contributed by atoms with van der Waals surface area (Å²) in [7, 11) is 0. The third-order valence-electron chi connectivity index (χ3n) is 26.0. The van der Waals surface area contributed by atoms with E-state index in [0.29, 0.717) is 84.5 Å². The minimum absolute atomic E-state index is 0.00259. The summed E-state index contributed by atoms with van der Waals surface area (Å²) in [5.74, 6) is -5.62. The molecule has 624 valence electrons. The molecule has 0 radical (unpaired) electrons. The molecule has 8 fully saturated rings. The number of isocyanates is 1. The first kappa shape index (κ1) is 93.7. The summed E-state index contributed by atoms with van der Waals surface area (Å²) >= 11 is 0. The highest BCUT2D eigenvalue weighted by molar-refractivity contribution is 6.38. The summed E-state index contributed by atoms with van der Waals surface area (Å²) in [5.41, 5.74) is -1.21. The fourth-order valence-electron chi connectivity index (χ4n) is 18.1. The zero-order chi connectivity index (χ0) is 83.1. The Morgan fingerprint density at radius 2 is 0.964 bits per heavy atom. The summed E-state index contributed by atoms with van der Waals surface area (Å²) in [5, 5.41) is 0. The van der Waals surface area contributed by atoms with Gasteiger partial charge in [0.25, 0.3) is 0 Å². The van der Waals surface area contributed by atoms with E-state index in [-0.39, 0.29) is 154 Å². The van der Waals surface area contributed by atoms with Crippen LogP contribution in [0.1, 0.15) is 292 Å². The number of fused-ring (bicyclic) bond motifs is 6. The number of amides is 4. The number of hydrogen-bond acceptors (Lipinski definition) is 17. The number of ketones is 7. The first-order valence-electron chi connectivity index (χ1n) is 42.2. The van der Waals surface area contributed by atoms with Gasteiger partial charge in [0, 0.05) is 116 Å². The van der Waals surface area contributed by atoms with Crippen LogP contribution in [0.15, 0.2) is 30.3 Å². The second kappa shape index (κ2) is 39.9. The van der Waals surface area contributed by atoms with Crippen LogP contribution in [0.3, 0.4) is 0 Å². The quantitative estimate of drug-likeness (QED) is 0.0339. The number of nitrogens with zero attached hydrogens (tertiary/aromatic N) is 5. The minimum atomic E-state index is -0.786. The van der Waals surface area contributed by atoms with E-state index in [9.17, 15) is 62.3 Å². The molecule has 2 saturated carbocycles. The molecule has 0 aromatic rings. The number of carbonyl (C=O) groups is 12. The molecule has 6 heterocycles. The van der Waals surface area contributed by atoms with Gasteiger partial charge < -0.3 is 33.8 Å². The van der Waals surface area contributed by atoms with Gasteiger partial charge in [-0.1, -0.05) is 160 Å². The number of rotatable bonds is 21. The maximum atomic E-state index is 14.7. The van der Waals surface area contributed by atoms with Crippen molar-refractivity contribution in [3.05, 3.63) is 25.3 Å². The molecule has 0 N–H and O–H groups in total. The average Bonchev–Trinajstić information content (AvgIpc) is 1.53. The molecule has 0 spiro atoms. The van der Waals surface area contributed by atoms with Crippen LogP contribution >= 0.6 is 0 Å². The van der Waals surface area contributed by atoms with Crippen molar-refractivity contribution in [3.63, 3.8) is 0 Å². The van der Waals surface area contributed by atoms with E-state index in [1.807, 2.05) is 44.4 Å². The van der Waals surface area contributed by atoms with Gasteiger partial charge in [0.15, 0.2) is 23.1 Å². The van der Waals surface area contributed by atoms with Gasteiger partial charge in [-0.2, -0.15) is 0 Å². The predicted octanol–water partition coefficient (Wildman–Crippen LogP) is 14.8. The standard InChI is InChI=1S/C43H68N2O7.C33H51NO7.C14H24N2O2/c1-10-11-18-34(47)39(50)29-17-15-13-12-14-16-21-52-28(2)32(40(51)45-27-33-37(43(33,8)9)38(45)35(48)22-29)24-31(46)23-30(41(3,4)5)26-44-20-19-42(6,7)25-36(44)49;1-8-9-16-25(35)30(38)22-15-13-11-10-12-14-17-40-21(2)23(19-27(37)41-32(3,4)5)31(39)34-20-24-28(33(24,6)7)29(34)26(36)18-22;1-13(2,3)11(15-10-17)9-16-7-6-14(4,5)8-12(16)18/h10,28-30,32-33,37-38H,1,11-27H2,2-9H3;8,21-24,28-29H,1,9-20H2,2-7H3;11H,6-9H2,1-5H3/t28-,29+,30+,32-,33-,37-,38+;21-,22+,23-,24-,28-,29+;11-/m001/s1. The van der Waals surface area contributed by atoms with Crippen molar-refractivity contribution in [2.24, 2.45) is 90.7 Å². The normalized spacial score (nSPS) is 29.3. The number of carbonyl (C=O) groups excluding carboxylic acids is 13. The maximum absolute atomic E-state index is 14.7. The van der Waals surface area contributed by atoms with E-state index >= 15 is 0 Å². The summed E-state index contributed by atoms with van der Waals surface area (Å²) in [6.45, 7) is 50.0. The first-order valence-corrected chi connectivity index (χ1v) is 42.2. The van der Waals surface area contributed by atoms with Crippen LogP contribution in [0.4, 0.5) is 0 Å². The number of hydrogen-bond donors (Lipinski definition) is 0. The summed E-state index contributed by atoms with van der Waals surface area (Å²) in [4.78, 5) is 183. The van der Waals surface area contributed by atoms with Crippen LogP contribution in [0.5, 0.6) is 0 Å². The van der Waals surface area contributed by atoms with Gasteiger partial charge in [0.2, 0.25) is 41.3 Å². The molecular formula is C90H143N5O16. The zero-order valence-corrected chi connectivity index (χ0v) is 71.8. The van der Waals surface area contributed by atoms with Crippen molar-refractivity contribution in [2.45, 2.75) is 328 Å². The van der Waals surface area contributed by atoms with Crippen molar-refractivity contribution in [2.75, 3.05) is 52.5 Å². The van der Waals surface area contributed by atoms with Crippen molar-refractivity contribution in [1.29, 1.82) is 0 Å². The van der Waals surface area contributed by atoms with Crippen LogP contribution in [0.2, 0.25) is 0 Å². The SMILES string of the molecule is C=CCCC(=O)C(=O)[C@@H]1CCCCCCCO[C@@H](C)[C@H](CC(=O)C[C@H](CN2CCC(C)(C)CC2=O)C(C)(C)C)C(=O)N2C[C@H]3[C@@H]([C@H]2C(=O)C1)C3(C)C.C=CCCC(=O)C(=O)[C@@H]1CCCCCCCO[C@@H](C)[C@H](CC(=O)OC(C)(C)C)C(=O)N2C[C@H]3[C@@H]([C@H]2C(=O)C1)C3(C)C.CC1(C)CCN(C[C@@H](N=C=O)C(C)(C)C)C(=O)C1. The van der Waals surface area contributed by atoms with E-state index < -0.39 is 82.7 Å². The Kier molecular flexibility index (Phi) is 33.7. The largest absolute Gasteiger partial charge is 0.460 e. The zero-order valence-electron chi connectivity index (χ0n) is 71.8. The Labute approximate surface area is 665 Å². The monoisotopic (exact) mass is 1550 g/mol. The lowest BCUT2D eigenvalue weighted by molar-refractivity contribution is -0.162. The lowest BCUT2D eigenvalue weighted by Gasteiger charge is -2.41. The van der Waals surface area contributed by atoms with Crippen molar-refractivity contribution in [3.8, 4) is 0 Å². The number of piperidine rings is 4. The second-order valence-corrected chi connectivity index (χ2v) is 40.0. The summed E-state index contributed by atoms with van der Waals surface area (Å²) < 4.78 is 17.9. The molecule has 111 heavy (non-hydrogen) atoms. The highest BCUT2D eigenvalue weighted by Gasteiger charge is 2.71. The lowest BCUT2D eigenvalue weighted by atomic mass is 9.75. The van der Waals surface area contributed by atoms with Gasteiger partial charge in [-0.05, 0) is 148 Å². The Balaban J connectivity index is 0.000000288. The van der Waals surface area contributed by atoms with E-state index in [0.717, 1.165) is 83.6 Å². The van der Waals surface area contributed by atoms with E-state index in [1.54, 1.807) is 48.8 Å². The summed E-state index contributed by atoms with van der Waals surface area (Å²) in [6.07, 6.45) is 17.5. The molecular weight excluding hydrogens is 1410 g/mol. The molecule has 0 aromatic carbocycles. The van der Waals surface area contributed by atoms with E-state index in [4.69, 9.17) is 14.2 Å². The molecule has 6 aliphatic heterocycles. The van der Waals surface area contributed by atoms with Gasteiger partial charge >= 0.3 is 5.97 Å². The molecule has 14 atom stereocenters. The fourth-order valence-corrected chi connectivity index (χ4v) is 18.1. The molecule has 8 rings (SSSR count). The fraction of sp³-hybridized carbons (Fsp3) is 0.811. The van der Waals surface area contributed by atoms with Crippen molar-refractivity contribution < 1.29 is 76.5 Å². The molecule has 2 aliphatic carbocycles. The predicted molar refractivity (Wildman–Crippen MR) is 429 cm³/mol. The third-order valence-corrected chi connectivity index (χ3v) is 26.0. The number of Topliss-reactive ketones (excluding diaryl/α,β-unsaturated/α-hetero) is 7. The highest BCUT2D eigenvalue weighted by Crippen LogP contribution is 2.66. The Hall–Kier alpha value is -6.18. The number of allylic oxidation sites excluding steroid dienone is 2. The van der Waals surface area contributed by atoms with Gasteiger partial charge in [-0.3, -0.25) is 57.5 Å². The molecule has 21 heteroatoms. The lowest BCUT2D eigenvalue weighted by Crippen LogP contribution is -2.51. The Morgan fingerprint density at radius 3 is 1.34 bits per heavy atom. The number of likely N-dealkylation sites (tertiary alicyclic amines) is 2. The number of ether oxygens (including phenoxy) is 3. The van der Waals surface area contributed by atoms with Gasteiger partial charge in [-0.25, -0.2) is 9.79 Å². The first-order chi connectivity index (χ1) is 51.6. The van der Waals surface area contributed by atoms with Gasteiger partial charge in [0.1, 0.15) is 11.4 Å². The number of esters is 1. The highest BCUT2D eigenvalue weighted by atomic mass is 16.6. The van der Waals surface area contributed by atoms with Gasteiger partial charge in [0.05, 0.1) is 48.6 Å².